The molecule has 0 unspecified atom stereocenters. The van der Waals surface area contributed by atoms with Gasteiger partial charge < -0.3 is 25.3 Å². The van der Waals surface area contributed by atoms with Crippen molar-refractivity contribution in [3.8, 4) is 11.5 Å². The maximum Gasteiger partial charge on any atom is 0.433 e. The SMILES string of the molecule is COCCCOc1cc2c(NCc3cc(C(F)(F)F)nc(N)n3)nc(C)nc2cc1OC. The molecule has 2 aromatic heterocycles. The molecule has 0 atom stereocenters. The highest BCUT2D eigenvalue weighted by Crippen LogP contribution is 2.35. The van der Waals surface area contributed by atoms with Crippen LogP contribution in [0, 0.1) is 6.92 Å². The van der Waals surface area contributed by atoms with E-state index in [1.807, 2.05) is 0 Å². The number of nitrogens with two attached hydrogens (primary N) is 1. The van der Waals surface area contributed by atoms with Crippen molar-refractivity contribution >= 4 is 22.7 Å². The summed E-state index contributed by atoms with van der Waals surface area (Å²) in [4.78, 5) is 15.9. The Morgan fingerprint density at radius 1 is 1.00 bits per heavy atom. The highest BCUT2D eigenvalue weighted by Gasteiger charge is 2.33. The molecule has 0 saturated heterocycles. The number of hydrogen-bond donors (Lipinski definition) is 2. The number of nitrogens with one attached hydrogen (secondary N) is 1. The summed E-state index contributed by atoms with van der Waals surface area (Å²) < 4.78 is 55.3. The fourth-order valence-corrected chi connectivity index (χ4v) is 2.97. The molecule has 0 aliphatic heterocycles. The first kappa shape index (κ1) is 23.3. The second-order valence-electron chi connectivity index (χ2n) is 6.79. The second-order valence-corrected chi connectivity index (χ2v) is 6.79. The largest absolute Gasteiger partial charge is 0.493 e. The van der Waals surface area contributed by atoms with Crippen LogP contribution in [-0.4, -0.2) is 47.4 Å². The van der Waals surface area contributed by atoms with E-state index >= 15 is 0 Å². The highest BCUT2D eigenvalue weighted by molar-refractivity contribution is 5.91. The van der Waals surface area contributed by atoms with E-state index in [0.29, 0.717) is 53.7 Å². The number of aryl methyl sites for hydroxylation is 1. The van der Waals surface area contributed by atoms with E-state index in [0.717, 1.165) is 6.07 Å². The number of hydrogen-bond acceptors (Lipinski definition) is 9. The van der Waals surface area contributed by atoms with Gasteiger partial charge in [0.05, 0.1) is 31.5 Å². The van der Waals surface area contributed by atoms with Crippen LogP contribution in [0.3, 0.4) is 0 Å². The fraction of sp³-hybridized carbons (Fsp3) is 0.400. The zero-order valence-electron chi connectivity index (χ0n) is 17.8. The lowest BCUT2D eigenvalue weighted by molar-refractivity contribution is -0.141. The Balaban J connectivity index is 1.91. The van der Waals surface area contributed by atoms with Crippen LogP contribution in [0.4, 0.5) is 24.9 Å². The van der Waals surface area contributed by atoms with Gasteiger partial charge in [-0.25, -0.2) is 19.9 Å². The van der Waals surface area contributed by atoms with E-state index in [4.69, 9.17) is 19.9 Å². The van der Waals surface area contributed by atoms with Gasteiger partial charge in [0, 0.05) is 31.6 Å². The molecule has 0 bridgehead atoms. The molecule has 3 N–H and O–H groups in total. The van der Waals surface area contributed by atoms with Crippen LogP contribution in [0.15, 0.2) is 18.2 Å². The first-order chi connectivity index (χ1) is 15.2. The van der Waals surface area contributed by atoms with Gasteiger partial charge in [-0.15, -0.1) is 0 Å². The van der Waals surface area contributed by atoms with Crippen molar-refractivity contribution in [2.24, 2.45) is 0 Å². The van der Waals surface area contributed by atoms with Crippen molar-refractivity contribution in [1.29, 1.82) is 0 Å². The second kappa shape index (κ2) is 9.81. The lowest BCUT2D eigenvalue weighted by Crippen LogP contribution is -2.14. The molecule has 32 heavy (non-hydrogen) atoms. The number of nitrogen functional groups attached to an aromatic ring is 1. The predicted octanol–water partition coefficient (Wildman–Crippen LogP) is 3.37. The first-order valence-electron chi connectivity index (χ1n) is 9.64. The lowest BCUT2D eigenvalue weighted by Gasteiger charge is -2.15. The summed E-state index contributed by atoms with van der Waals surface area (Å²) in [5.74, 6) is 1.39. The summed E-state index contributed by atoms with van der Waals surface area (Å²) in [5, 5.41) is 3.62. The van der Waals surface area contributed by atoms with Crippen molar-refractivity contribution in [1.82, 2.24) is 19.9 Å². The molecule has 3 rings (SSSR count). The van der Waals surface area contributed by atoms with E-state index in [2.05, 4.69) is 25.3 Å². The molecule has 12 heteroatoms. The average molecular weight is 452 g/mol. The van der Waals surface area contributed by atoms with Crippen LogP contribution in [0.2, 0.25) is 0 Å². The van der Waals surface area contributed by atoms with Gasteiger partial charge in [0.2, 0.25) is 5.95 Å². The van der Waals surface area contributed by atoms with E-state index in [1.54, 1.807) is 26.2 Å². The Bertz CT molecular complexity index is 1090. The summed E-state index contributed by atoms with van der Waals surface area (Å²) in [6.45, 7) is 2.60. The molecule has 9 nitrogen and oxygen atoms in total. The number of nitrogens with zero attached hydrogens (tertiary/aromatic N) is 4. The number of ether oxygens (including phenoxy) is 3. The Morgan fingerprint density at radius 3 is 2.47 bits per heavy atom. The van der Waals surface area contributed by atoms with Crippen molar-refractivity contribution in [2.45, 2.75) is 26.1 Å². The molecule has 172 valence electrons. The predicted molar refractivity (Wildman–Crippen MR) is 112 cm³/mol. The number of rotatable bonds is 9. The number of alkyl halides is 3. The molecule has 0 saturated carbocycles. The summed E-state index contributed by atoms with van der Waals surface area (Å²) in [5.41, 5.74) is 4.99. The van der Waals surface area contributed by atoms with Crippen LogP contribution >= 0.6 is 0 Å². The Morgan fingerprint density at radius 2 is 1.78 bits per heavy atom. The molecule has 0 fully saturated rings. The maximum atomic E-state index is 13.0. The van der Waals surface area contributed by atoms with Gasteiger partial charge in [0.15, 0.2) is 11.5 Å². The number of fused-ring (bicyclic) bond motifs is 1. The molecule has 0 radical (unpaired) electrons. The van der Waals surface area contributed by atoms with Gasteiger partial charge in [-0.1, -0.05) is 0 Å². The molecular formula is C20H23F3N6O3. The van der Waals surface area contributed by atoms with Crippen molar-refractivity contribution in [3.05, 3.63) is 35.4 Å². The van der Waals surface area contributed by atoms with E-state index in [-0.39, 0.29) is 12.2 Å². The third-order valence-corrected chi connectivity index (χ3v) is 4.37. The minimum atomic E-state index is -4.63. The van der Waals surface area contributed by atoms with Gasteiger partial charge in [-0.05, 0) is 19.1 Å². The zero-order chi connectivity index (χ0) is 23.3. The molecule has 0 spiro atoms. The van der Waals surface area contributed by atoms with E-state index < -0.39 is 17.8 Å². The third kappa shape index (κ3) is 5.63. The Labute approximate surface area is 182 Å². The van der Waals surface area contributed by atoms with Gasteiger partial charge >= 0.3 is 6.18 Å². The number of benzene rings is 1. The van der Waals surface area contributed by atoms with Gasteiger partial charge in [-0.3, -0.25) is 0 Å². The minimum Gasteiger partial charge on any atom is -0.493 e. The molecule has 2 heterocycles. The number of methoxy groups -OCH3 is 2. The van der Waals surface area contributed by atoms with Crippen LogP contribution in [0.25, 0.3) is 10.9 Å². The van der Waals surface area contributed by atoms with E-state index in [1.165, 1.54) is 7.11 Å². The maximum absolute atomic E-state index is 13.0. The fourth-order valence-electron chi connectivity index (χ4n) is 2.97. The standard InChI is InChI=1S/C20H23F3N6O3/c1-11-26-14-9-15(31-3)16(32-6-4-5-30-2)8-13(14)18(27-11)25-10-12-7-17(20(21,22)23)29-19(24)28-12/h7-9H,4-6,10H2,1-3H3,(H2,24,28,29)(H,25,26,27). The van der Waals surface area contributed by atoms with Gasteiger partial charge in [0.1, 0.15) is 17.3 Å². The van der Waals surface area contributed by atoms with Gasteiger partial charge in [0.25, 0.3) is 0 Å². The monoisotopic (exact) mass is 452 g/mol. The molecule has 0 aliphatic carbocycles. The first-order valence-corrected chi connectivity index (χ1v) is 9.64. The number of halogens is 3. The quantitative estimate of drug-likeness (QED) is 0.471. The summed E-state index contributed by atoms with van der Waals surface area (Å²) in [7, 11) is 3.13. The molecule has 3 aromatic rings. The normalized spacial score (nSPS) is 11.6. The summed E-state index contributed by atoms with van der Waals surface area (Å²) in [6, 6.07) is 4.27. The van der Waals surface area contributed by atoms with Crippen LogP contribution in [0.1, 0.15) is 23.6 Å². The number of aromatic nitrogens is 4. The minimum absolute atomic E-state index is 0.0581. The Kier molecular flexibility index (Phi) is 7.13. The van der Waals surface area contributed by atoms with Crippen molar-refractivity contribution in [3.63, 3.8) is 0 Å². The highest BCUT2D eigenvalue weighted by atomic mass is 19.4. The number of anilines is 2. The summed E-state index contributed by atoms with van der Waals surface area (Å²) in [6.07, 6.45) is -3.94. The van der Waals surface area contributed by atoms with Gasteiger partial charge in [-0.2, -0.15) is 13.2 Å². The summed E-state index contributed by atoms with van der Waals surface area (Å²) >= 11 is 0. The van der Waals surface area contributed by atoms with Crippen LogP contribution in [0.5, 0.6) is 11.5 Å². The van der Waals surface area contributed by atoms with Crippen molar-refractivity contribution in [2.75, 3.05) is 38.5 Å². The van der Waals surface area contributed by atoms with Crippen LogP contribution in [-0.2, 0) is 17.5 Å². The molecular weight excluding hydrogens is 429 g/mol. The topological polar surface area (TPSA) is 117 Å². The molecule has 1 aromatic carbocycles. The molecule has 0 amide bonds. The lowest BCUT2D eigenvalue weighted by atomic mass is 10.2. The van der Waals surface area contributed by atoms with Crippen LogP contribution < -0.4 is 20.5 Å². The van der Waals surface area contributed by atoms with Crippen molar-refractivity contribution < 1.29 is 27.4 Å². The Hall–Kier alpha value is -3.41. The average Bonchev–Trinajstić information content (AvgIpc) is 2.73. The van der Waals surface area contributed by atoms with E-state index in [9.17, 15) is 13.2 Å². The third-order valence-electron chi connectivity index (χ3n) is 4.37. The zero-order valence-corrected chi connectivity index (χ0v) is 17.8. The molecule has 0 aliphatic rings. The smallest absolute Gasteiger partial charge is 0.433 e.